The van der Waals surface area contributed by atoms with Crippen LogP contribution in [-0.2, 0) is 0 Å². The highest BCUT2D eigenvalue weighted by atomic mass is 16.5. The largest absolute Gasteiger partial charge is 0.497 e. The molecule has 1 fully saturated rings. The minimum absolute atomic E-state index is 0.780. The quantitative estimate of drug-likeness (QED) is 0.587. The molecule has 4 heteroatoms. The molecular formula is C22H26N2O2. The Morgan fingerprint density at radius 3 is 2.46 bits per heavy atom. The Kier molecular flexibility index (Phi) is 5.12. The Labute approximate surface area is 154 Å². The zero-order chi connectivity index (χ0) is 17.8. The second-order valence-electron chi connectivity index (χ2n) is 6.86. The van der Waals surface area contributed by atoms with Crippen LogP contribution in [0.3, 0.4) is 0 Å². The Morgan fingerprint density at radius 2 is 1.69 bits per heavy atom. The van der Waals surface area contributed by atoms with Crippen LogP contribution >= 0.6 is 0 Å². The van der Waals surface area contributed by atoms with Gasteiger partial charge in [-0.2, -0.15) is 0 Å². The van der Waals surface area contributed by atoms with E-state index in [1.807, 2.05) is 6.07 Å². The highest BCUT2D eigenvalue weighted by molar-refractivity contribution is 5.83. The van der Waals surface area contributed by atoms with Crippen molar-refractivity contribution in [3.63, 3.8) is 0 Å². The van der Waals surface area contributed by atoms with Crippen LogP contribution in [0, 0.1) is 0 Å². The van der Waals surface area contributed by atoms with Gasteiger partial charge < -0.3 is 18.9 Å². The first-order valence-electron chi connectivity index (χ1n) is 9.44. The van der Waals surface area contributed by atoms with Crippen molar-refractivity contribution >= 4 is 10.9 Å². The monoisotopic (exact) mass is 350 g/mol. The maximum absolute atomic E-state index is 5.90. The number of fused-ring (bicyclic) bond motifs is 1. The summed E-state index contributed by atoms with van der Waals surface area (Å²) >= 11 is 0. The third-order valence-electron chi connectivity index (χ3n) is 5.10. The van der Waals surface area contributed by atoms with Gasteiger partial charge in [0.25, 0.3) is 0 Å². The van der Waals surface area contributed by atoms with E-state index in [4.69, 9.17) is 9.47 Å². The zero-order valence-electron chi connectivity index (χ0n) is 15.4. The lowest BCUT2D eigenvalue weighted by Crippen LogP contribution is -2.21. The number of ether oxygens (including phenoxy) is 2. The fourth-order valence-corrected chi connectivity index (χ4v) is 3.66. The number of hydrogen-bond donors (Lipinski definition) is 0. The standard InChI is InChI=1S/C22H26N2O2/c1-25-21-9-10-22-18(17-21)11-15-24(22)19-5-7-20(8-6-19)26-16-4-14-23-12-2-3-13-23/h5-11,15,17H,2-4,12-14,16H2,1H3. The molecule has 1 saturated heterocycles. The second kappa shape index (κ2) is 7.83. The van der Waals surface area contributed by atoms with E-state index in [-0.39, 0.29) is 0 Å². The summed E-state index contributed by atoms with van der Waals surface area (Å²) in [4.78, 5) is 2.53. The molecule has 4 nitrogen and oxygen atoms in total. The molecule has 0 saturated carbocycles. The molecular weight excluding hydrogens is 324 g/mol. The topological polar surface area (TPSA) is 26.6 Å². The van der Waals surface area contributed by atoms with Crippen LogP contribution in [0.25, 0.3) is 16.6 Å². The summed E-state index contributed by atoms with van der Waals surface area (Å²) in [5.74, 6) is 1.82. The molecule has 0 radical (unpaired) electrons. The molecule has 0 aliphatic carbocycles. The summed E-state index contributed by atoms with van der Waals surface area (Å²) in [7, 11) is 1.70. The van der Waals surface area contributed by atoms with Crippen molar-refractivity contribution < 1.29 is 9.47 Å². The predicted octanol–water partition coefficient (Wildman–Crippen LogP) is 4.50. The van der Waals surface area contributed by atoms with Crippen molar-refractivity contribution in [1.29, 1.82) is 0 Å². The van der Waals surface area contributed by atoms with Gasteiger partial charge in [-0.15, -0.1) is 0 Å². The minimum Gasteiger partial charge on any atom is -0.497 e. The molecule has 0 amide bonds. The van der Waals surface area contributed by atoms with E-state index in [0.717, 1.165) is 36.8 Å². The number of nitrogens with zero attached hydrogens (tertiary/aromatic N) is 2. The Balaban J connectivity index is 1.38. The number of likely N-dealkylation sites (tertiary alicyclic amines) is 1. The molecule has 4 rings (SSSR count). The summed E-state index contributed by atoms with van der Waals surface area (Å²) in [6, 6.07) is 16.6. The molecule has 0 atom stereocenters. The molecule has 1 aromatic heterocycles. The van der Waals surface area contributed by atoms with E-state index >= 15 is 0 Å². The average molecular weight is 350 g/mol. The number of rotatable bonds is 7. The first-order chi connectivity index (χ1) is 12.8. The minimum atomic E-state index is 0.780. The molecule has 0 unspecified atom stereocenters. The van der Waals surface area contributed by atoms with Crippen molar-refractivity contribution in [3.05, 3.63) is 54.7 Å². The number of benzene rings is 2. The van der Waals surface area contributed by atoms with Gasteiger partial charge in [0.05, 0.1) is 19.2 Å². The van der Waals surface area contributed by atoms with Crippen molar-refractivity contribution in [2.24, 2.45) is 0 Å². The van der Waals surface area contributed by atoms with E-state index in [2.05, 4.69) is 58.1 Å². The van der Waals surface area contributed by atoms with Crippen LogP contribution in [0.15, 0.2) is 54.7 Å². The summed E-state index contributed by atoms with van der Waals surface area (Å²) in [6.45, 7) is 4.44. The number of hydrogen-bond acceptors (Lipinski definition) is 3. The summed E-state index contributed by atoms with van der Waals surface area (Å²) in [5, 5.41) is 1.17. The third-order valence-corrected chi connectivity index (χ3v) is 5.10. The molecule has 1 aliphatic heterocycles. The van der Waals surface area contributed by atoms with Crippen molar-refractivity contribution in [2.45, 2.75) is 19.3 Å². The lowest BCUT2D eigenvalue weighted by atomic mass is 10.2. The molecule has 26 heavy (non-hydrogen) atoms. The molecule has 1 aliphatic rings. The van der Waals surface area contributed by atoms with Crippen LogP contribution in [0.4, 0.5) is 0 Å². The SMILES string of the molecule is COc1ccc2c(ccn2-c2ccc(OCCCN3CCCC3)cc2)c1. The van der Waals surface area contributed by atoms with Crippen LogP contribution in [0.2, 0.25) is 0 Å². The maximum Gasteiger partial charge on any atom is 0.119 e. The maximum atomic E-state index is 5.90. The van der Waals surface area contributed by atoms with Gasteiger partial charge in [-0.05, 0) is 80.9 Å². The third kappa shape index (κ3) is 3.70. The first kappa shape index (κ1) is 17.0. The Morgan fingerprint density at radius 1 is 0.923 bits per heavy atom. The Bertz CT molecular complexity index is 848. The first-order valence-corrected chi connectivity index (χ1v) is 9.44. The highest BCUT2D eigenvalue weighted by Gasteiger charge is 2.10. The molecule has 0 bridgehead atoms. The van der Waals surface area contributed by atoms with Crippen LogP contribution < -0.4 is 9.47 Å². The fraction of sp³-hybridized carbons (Fsp3) is 0.364. The molecule has 2 aromatic carbocycles. The second-order valence-corrected chi connectivity index (χ2v) is 6.86. The van der Waals surface area contributed by atoms with E-state index in [1.165, 1.54) is 36.8 Å². The van der Waals surface area contributed by atoms with E-state index in [9.17, 15) is 0 Å². The molecule has 0 spiro atoms. The van der Waals surface area contributed by atoms with Gasteiger partial charge in [0, 0.05) is 23.8 Å². The zero-order valence-corrected chi connectivity index (χ0v) is 15.4. The normalized spacial score (nSPS) is 14.8. The van der Waals surface area contributed by atoms with Gasteiger partial charge in [-0.1, -0.05) is 0 Å². The molecule has 2 heterocycles. The molecule has 3 aromatic rings. The van der Waals surface area contributed by atoms with Crippen LogP contribution in [-0.4, -0.2) is 42.8 Å². The highest BCUT2D eigenvalue weighted by Crippen LogP contribution is 2.25. The smallest absolute Gasteiger partial charge is 0.119 e. The van der Waals surface area contributed by atoms with Gasteiger partial charge in [0.15, 0.2) is 0 Å². The molecule has 136 valence electrons. The van der Waals surface area contributed by atoms with Gasteiger partial charge in [0.1, 0.15) is 11.5 Å². The fourth-order valence-electron chi connectivity index (χ4n) is 3.66. The average Bonchev–Trinajstić information content (AvgIpc) is 3.35. The molecule has 0 N–H and O–H groups in total. The van der Waals surface area contributed by atoms with E-state index in [1.54, 1.807) is 7.11 Å². The van der Waals surface area contributed by atoms with Crippen LogP contribution in [0.5, 0.6) is 11.5 Å². The van der Waals surface area contributed by atoms with Gasteiger partial charge >= 0.3 is 0 Å². The van der Waals surface area contributed by atoms with Gasteiger partial charge in [-0.3, -0.25) is 0 Å². The van der Waals surface area contributed by atoms with Crippen molar-refractivity contribution in [1.82, 2.24) is 9.47 Å². The van der Waals surface area contributed by atoms with Gasteiger partial charge in [0.2, 0.25) is 0 Å². The number of aromatic nitrogens is 1. The van der Waals surface area contributed by atoms with Crippen LogP contribution in [0.1, 0.15) is 19.3 Å². The van der Waals surface area contributed by atoms with Crippen molar-refractivity contribution in [2.75, 3.05) is 33.4 Å². The van der Waals surface area contributed by atoms with E-state index in [0.29, 0.717) is 0 Å². The van der Waals surface area contributed by atoms with E-state index < -0.39 is 0 Å². The van der Waals surface area contributed by atoms with Gasteiger partial charge in [-0.25, -0.2) is 0 Å². The lowest BCUT2D eigenvalue weighted by Gasteiger charge is -2.14. The number of methoxy groups -OCH3 is 1. The summed E-state index contributed by atoms with van der Waals surface area (Å²) in [5.41, 5.74) is 2.31. The summed E-state index contributed by atoms with van der Waals surface area (Å²) < 4.78 is 13.4. The van der Waals surface area contributed by atoms with Crippen molar-refractivity contribution in [3.8, 4) is 17.2 Å². The predicted molar refractivity (Wildman–Crippen MR) is 106 cm³/mol. The Hall–Kier alpha value is -2.46. The lowest BCUT2D eigenvalue weighted by molar-refractivity contribution is 0.263. The summed E-state index contributed by atoms with van der Waals surface area (Å²) in [6.07, 6.45) is 5.88.